The normalized spacial score (nSPS) is 11.9. The van der Waals surface area contributed by atoms with Gasteiger partial charge in [-0.25, -0.2) is 4.79 Å². The second-order valence-corrected chi connectivity index (χ2v) is 6.16. The molecule has 128 valence electrons. The first-order chi connectivity index (χ1) is 10.5. The Balaban J connectivity index is 2.76. The lowest BCUT2D eigenvalue weighted by Gasteiger charge is -2.26. The third kappa shape index (κ3) is 6.76. The van der Waals surface area contributed by atoms with Gasteiger partial charge in [0.25, 0.3) is 0 Å². The zero-order valence-electron chi connectivity index (χ0n) is 13.6. The fourth-order valence-electron chi connectivity index (χ4n) is 1.91. The molecule has 1 amide bonds. The molecule has 0 aliphatic carbocycles. The Labute approximate surface area is 134 Å². The fraction of sp³-hybridized carbons (Fsp3) is 0.471. The molecule has 0 aromatic heterocycles. The summed E-state index contributed by atoms with van der Waals surface area (Å²) in [7, 11) is 0. The van der Waals surface area contributed by atoms with Crippen molar-refractivity contribution in [3.05, 3.63) is 48.0 Å². The van der Waals surface area contributed by atoms with Crippen LogP contribution in [0.1, 0.15) is 31.9 Å². The standard InChI is InChI=1S/C17H22F3NO2/c1-5-10-21(15(22)23-16(2,3)4)11-9-13-7-6-8-14(12-13)17(18,19)20/h5-8,12H,1,9-11H2,2-4H3. The predicted molar refractivity (Wildman–Crippen MR) is 83.2 cm³/mol. The van der Waals surface area contributed by atoms with Gasteiger partial charge in [-0.05, 0) is 38.8 Å². The quantitative estimate of drug-likeness (QED) is 0.735. The Morgan fingerprint density at radius 1 is 1.30 bits per heavy atom. The van der Waals surface area contributed by atoms with Gasteiger partial charge in [0.2, 0.25) is 0 Å². The molecule has 23 heavy (non-hydrogen) atoms. The zero-order valence-corrected chi connectivity index (χ0v) is 13.6. The number of rotatable bonds is 5. The molecule has 0 fully saturated rings. The SMILES string of the molecule is C=CCN(CCc1cccc(C(F)(F)F)c1)C(=O)OC(C)(C)C. The van der Waals surface area contributed by atoms with Crippen molar-refractivity contribution in [1.82, 2.24) is 4.90 Å². The molecule has 1 aromatic rings. The van der Waals surface area contributed by atoms with E-state index >= 15 is 0 Å². The fourth-order valence-corrected chi connectivity index (χ4v) is 1.91. The highest BCUT2D eigenvalue weighted by Gasteiger charge is 2.30. The minimum absolute atomic E-state index is 0.252. The maximum Gasteiger partial charge on any atom is 0.416 e. The number of carbonyl (C=O) groups excluding carboxylic acids is 1. The summed E-state index contributed by atoms with van der Waals surface area (Å²) in [5.74, 6) is 0. The number of amides is 1. The van der Waals surface area contributed by atoms with E-state index in [4.69, 9.17) is 4.74 Å². The van der Waals surface area contributed by atoms with Gasteiger partial charge in [-0.1, -0.05) is 24.3 Å². The van der Waals surface area contributed by atoms with Gasteiger partial charge in [0.15, 0.2) is 0 Å². The third-order valence-electron chi connectivity index (χ3n) is 2.93. The van der Waals surface area contributed by atoms with E-state index in [0.29, 0.717) is 12.0 Å². The smallest absolute Gasteiger partial charge is 0.416 e. The molecule has 0 N–H and O–H groups in total. The molecule has 1 rings (SSSR count). The molecule has 0 aliphatic rings. The molecule has 0 heterocycles. The van der Waals surface area contributed by atoms with Gasteiger partial charge in [0.1, 0.15) is 5.60 Å². The largest absolute Gasteiger partial charge is 0.444 e. The van der Waals surface area contributed by atoms with Crippen molar-refractivity contribution in [2.24, 2.45) is 0 Å². The number of carbonyl (C=O) groups is 1. The molecule has 3 nitrogen and oxygen atoms in total. The zero-order chi connectivity index (χ0) is 17.7. The third-order valence-corrected chi connectivity index (χ3v) is 2.93. The van der Waals surface area contributed by atoms with Gasteiger partial charge in [0, 0.05) is 13.1 Å². The van der Waals surface area contributed by atoms with Crippen LogP contribution in [0.15, 0.2) is 36.9 Å². The van der Waals surface area contributed by atoms with Crippen LogP contribution >= 0.6 is 0 Å². The van der Waals surface area contributed by atoms with Gasteiger partial charge in [0.05, 0.1) is 5.56 Å². The molecule has 0 radical (unpaired) electrons. The summed E-state index contributed by atoms with van der Waals surface area (Å²) < 4.78 is 43.4. The number of halogens is 3. The predicted octanol–water partition coefficient (Wildman–Crippen LogP) is 4.67. The lowest BCUT2D eigenvalue weighted by atomic mass is 10.1. The average molecular weight is 329 g/mol. The van der Waals surface area contributed by atoms with Gasteiger partial charge in [-0.2, -0.15) is 13.2 Å². The van der Waals surface area contributed by atoms with Crippen molar-refractivity contribution in [3.8, 4) is 0 Å². The molecular formula is C17H22F3NO2. The monoisotopic (exact) mass is 329 g/mol. The molecular weight excluding hydrogens is 307 g/mol. The van der Waals surface area contributed by atoms with Crippen molar-refractivity contribution >= 4 is 6.09 Å². The highest BCUT2D eigenvalue weighted by atomic mass is 19.4. The second kappa shape index (κ2) is 7.53. The number of nitrogens with zero attached hydrogens (tertiary/aromatic N) is 1. The Kier molecular flexibility index (Phi) is 6.24. The molecule has 0 unspecified atom stereocenters. The number of benzene rings is 1. The van der Waals surface area contributed by atoms with Crippen molar-refractivity contribution in [2.45, 2.75) is 39.0 Å². The highest BCUT2D eigenvalue weighted by Crippen LogP contribution is 2.29. The maximum absolute atomic E-state index is 12.7. The van der Waals surface area contributed by atoms with Gasteiger partial charge in [-0.15, -0.1) is 6.58 Å². The van der Waals surface area contributed by atoms with E-state index < -0.39 is 23.4 Å². The summed E-state index contributed by atoms with van der Waals surface area (Å²) in [6, 6.07) is 5.10. The minimum Gasteiger partial charge on any atom is -0.444 e. The van der Waals surface area contributed by atoms with Gasteiger partial charge >= 0.3 is 12.3 Å². The molecule has 0 spiro atoms. The first kappa shape index (κ1) is 19.1. The topological polar surface area (TPSA) is 29.5 Å². The van der Waals surface area contributed by atoms with Crippen LogP contribution in [0.2, 0.25) is 0 Å². The van der Waals surface area contributed by atoms with E-state index in [2.05, 4.69) is 6.58 Å². The van der Waals surface area contributed by atoms with Crippen LogP contribution < -0.4 is 0 Å². The van der Waals surface area contributed by atoms with E-state index in [1.807, 2.05) is 0 Å². The molecule has 6 heteroatoms. The second-order valence-electron chi connectivity index (χ2n) is 6.16. The average Bonchev–Trinajstić information content (AvgIpc) is 2.41. The summed E-state index contributed by atoms with van der Waals surface area (Å²) in [4.78, 5) is 13.5. The lowest BCUT2D eigenvalue weighted by Crippen LogP contribution is -2.38. The summed E-state index contributed by atoms with van der Waals surface area (Å²) in [6.45, 7) is 9.37. The summed E-state index contributed by atoms with van der Waals surface area (Å²) in [5, 5.41) is 0. The van der Waals surface area contributed by atoms with Crippen molar-refractivity contribution < 1.29 is 22.7 Å². The van der Waals surface area contributed by atoms with E-state index in [9.17, 15) is 18.0 Å². The Hall–Kier alpha value is -1.98. The minimum atomic E-state index is -4.37. The Morgan fingerprint density at radius 3 is 2.48 bits per heavy atom. The van der Waals surface area contributed by atoms with Crippen LogP contribution in [-0.2, 0) is 17.3 Å². The molecule has 0 saturated heterocycles. The first-order valence-corrected chi connectivity index (χ1v) is 7.28. The molecule has 1 aromatic carbocycles. The van der Waals surface area contributed by atoms with Crippen molar-refractivity contribution in [1.29, 1.82) is 0 Å². The van der Waals surface area contributed by atoms with E-state index in [1.54, 1.807) is 32.9 Å². The van der Waals surface area contributed by atoms with Gasteiger partial charge < -0.3 is 9.64 Å². The highest BCUT2D eigenvalue weighted by molar-refractivity contribution is 5.68. The number of ether oxygens (including phenoxy) is 1. The van der Waals surface area contributed by atoms with Gasteiger partial charge in [-0.3, -0.25) is 0 Å². The first-order valence-electron chi connectivity index (χ1n) is 7.28. The van der Waals surface area contributed by atoms with Crippen LogP contribution in [0, 0.1) is 0 Å². The van der Waals surface area contributed by atoms with Crippen LogP contribution in [-0.4, -0.2) is 29.7 Å². The van der Waals surface area contributed by atoms with Crippen molar-refractivity contribution in [2.75, 3.05) is 13.1 Å². The molecule has 0 atom stereocenters. The summed E-state index contributed by atoms with van der Waals surface area (Å²) in [5.41, 5.74) is -0.813. The van der Waals surface area contributed by atoms with Crippen LogP contribution in [0.4, 0.5) is 18.0 Å². The lowest BCUT2D eigenvalue weighted by molar-refractivity contribution is -0.137. The summed E-state index contributed by atoms with van der Waals surface area (Å²) in [6.07, 6.45) is -3.03. The number of hydrogen-bond donors (Lipinski definition) is 0. The number of hydrogen-bond acceptors (Lipinski definition) is 2. The molecule has 0 bridgehead atoms. The number of alkyl halides is 3. The summed E-state index contributed by atoms with van der Waals surface area (Å²) >= 11 is 0. The van der Waals surface area contributed by atoms with E-state index in [-0.39, 0.29) is 13.1 Å². The van der Waals surface area contributed by atoms with E-state index in [1.165, 1.54) is 11.0 Å². The Bertz CT molecular complexity index is 548. The van der Waals surface area contributed by atoms with Crippen LogP contribution in [0.25, 0.3) is 0 Å². The van der Waals surface area contributed by atoms with E-state index in [0.717, 1.165) is 12.1 Å². The maximum atomic E-state index is 12.7. The molecule has 0 saturated carbocycles. The molecule has 0 aliphatic heterocycles. The van der Waals surface area contributed by atoms with Crippen LogP contribution in [0.5, 0.6) is 0 Å². The Morgan fingerprint density at radius 2 is 1.96 bits per heavy atom. The van der Waals surface area contributed by atoms with Crippen LogP contribution in [0.3, 0.4) is 0 Å². The van der Waals surface area contributed by atoms with Crippen molar-refractivity contribution in [3.63, 3.8) is 0 Å².